The smallest absolute Gasteiger partial charge is 0.388 e. The van der Waals surface area contributed by atoms with Crippen LogP contribution in [0.5, 0.6) is 0 Å². The summed E-state index contributed by atoms with van der Waals surface area (Å²) in [6.07, 6.45) is -7.58. The molecule has 190 valence electrons. The predicted molar refractivity (Wildman–Crippen MR) is 100 cm³/mol. The van der Waals surface area contributed by atoms with Crippen molar-refractivity contribution in [1.29, 1.82) is 0 Å². The second-order valence-corrected chi connectivity index (χ2v) is 11.6. The molecule has 2 heterocycles. The van der Waals surface area contributed by atoms with E-state index in [1.807, 2.05) is 0 Å². The lowest BCUT2D eigenvalue weighted by atomic mass is 9.97. The van der Waals surface area contributed by atoms with Gasteiger partial charge in [0.05, 0.1) is 12.3 Å². The minimum atomic E-state index is -5.86. The number of H-pyrrole nitrogens is 1. The molecule has 1 aliphatic rings. The fourth-order valence-electron chi connectivity index (χ4n) is 2.77. The number of aromatic nitrogens is 2. The van der Waals surface area contributed by atoms with Crippen LogP contribution in [0.1, 0.15) is 13.2 Å². The molecule has 0 radical (unpaired) electrons. The first-order chi connectivity index (χ1) is 14.8. The lowest BCUT2D eigenvalue weighted by Gasteiger charge is -2.28. The molecule has 6 N–H and O–H groups in total. The third-order valence-corrected chi connectivity index (χ3v) is 8.50. The molecule has 0 aliphatic carbocycles. The zero-order valence-corrected chi connectivity index (χ0v) is 19.4. The highest BCUT2D eigenvalue weighted by Gasteiger charge is 2.59. The minimum Gasteiger partial charge on any atom is -0.388 e. The number of hydrogen-bond acceptors (Lipinski definition) is 10. The van der Waals surface area contributed by atoms with Gasteiger partial charge in [0.1, 0.15) is 23.8 Å². The first kappa shape index (κ1) is 28.4. The van der Waals surface area contributed by atoms with Crippen LogP contribution >= 0.6 is 35.1 Å². The van der Waals surface area contributed by atoms with Crippen LogP contribution in [0.4, 0.5) is 8.78 Å². The van der Waals surface area contributed by atoms with Crippen LogP contribution in [-0.2, 0) is 31.6 Å². The second kappa shape index (κ2) is 9.66. The Kier molecular flexibility index (Phi) is 8.32. The lowest BCUT2D eigenvalue weighted by molar-refractivity contribution is -0.0757. The standard InChI is InChI=1S/C11H16ClF2N2O14P3/c1-4(28-32(23,24)30-33(25,26)29-31(20,21)22)6-7(17)11(12,3-13)9(27-6)16-2-5(14)8(18)15-10(16)19/h2,4,6-7,9,17H,3H2,1H3,(H,23,24)(H,25,26)(H,15,18,19)(H2,20,21,22)/t4-,6-,7+,9-,11?/m1/s1. The molecule has 22 heteroatoms. The Labute approximate surface area is 186 Å². The number of aromatic amines is 1. The molecule has 1 aliphatic heterocycles. The van der Waals surface area contributed by atoms with Crippen LogP contribution in [0.25, 0.3) is 0 Å². The van der Waals surface area contributed by atoms with Crippen LogP contribution in [0.15, 0.2) is 15.8 Å². The summed E-state index contributed by atoms with van der Waals surface area (Å²) in [4.78, 5) is 58.0. The van der Waals surface area contributed by atoms with Gasteiger partial charge >= 0.3 is 29.2 Å². The van der Waals surface area contributed by atoms with E-state index >= 15 is 0 Å². The van der Waals surface area contributed by atoms with Crippen molar-refractivity contribution in [2.24, 2.45) is 0 Å². The number of alkyl halides is 2. The summed E-state index contributed by atoms with van der Waals surface area (Å²) in [5.74, 6) is -1.50. The molecule has 0 spiro atoms. The van der Waals surface area contributed by atoms with Gasteiger partial charge in [0.2, 0.25) is 5.82 Å². The van der Waals surface area contributed by atoms with Gasteiger partial charge in [0.25, 0.3) is 5.56 Å². The number of hydrogen-bond donors (Lipinski definition) is 6. The maximum Gasteiger partial charge on any atom is 0.490 e. The molecule has 0 saturated carbocycles. The van der Waals surface area contributed by atoms with E-state index in [2.05, 4.69) is 13.1 Å². The third kappa shape index (κ3) is 6.64. The number of phosphoric ester groups is 1. The summed E-state index contributed by atoms with van der Waals surface area (Å²) >= 11 is 6.03. The summed E-state index contributed by atoms with van der Waals surface area (Å²) in [7, 11) is -17.2. The van der Waals surface area contributed by atoms with E-state index in [4.69, 9.17) is 31.0 Å². The minimum absolute atomic E-state index is 0.296. The van der Waals surface area contributed by atoms with Gasteiger partial charge < -0.3 is 29.4 Å². The van der Waals surface area contributed by atoms with Crippen molar-refractivity contribution in [3.05, 3.63) is 32.9 Å². The van der Waals surface area contributed by atoms with E-state index < -0.39 is 76.6 Å². The van der Waals surface area contributed by atoms with Gasteiger partial charge in [-0.3, -0.25) is 18.9 Å². The van der Waals surface area contributed by atoms with Gasteiger partial charge in [-0.25, -0.2) is 22.9 Å². The number of rotatable bonds is 9. The Bertz CT molecular complexity index is 1160. The molecule has 33 heavy (non-hydrogen) atoms. The van der Waals surface area contributed by atoms with Gasteiger partial charge in [-0.15, -0.1) is 11.6 Å². The highest BCUT2D eigenvalue weighted by Crippen LogP contribution is 2.66. The monoisotopic (exact) mass is 566 g/mol. The lowest BCUT2D eigenvalue weighted by Crippen LogP contribution is -2.48. The molecule has 0 amide bonds. The van der Waals surface area contributed by atoms with E-state index in [0.29, 0.717) is 10.8 Å². The quantitative estimate of drug-likeness (QED) is 0.165. The van der Waals surface area contributed by atoms with Crippen molar-refractivity contribution < 1.29 is 65.0 Å². The van der Waals surface area contributed by atoms with E-state index in [1.54, 1.807) is 4.98 Å². The normalized spacial score (nSPS) is 30.5. The first-order valence-electron chi connectivity index (χ1n) is 8.23. The predicted octanol–water partition coefficient (Wildman–Crippen LogP) is -0.387. The highest BCUT2D eigenvalue weighted by atomic mass is 35.5. The Hall–Kier alpha value is -0.840. The number of ether oxygens (including phenoxy) is 1. The summed E-state index contributed by atoms with van der Waals surface area (Å²) in [6.45, 7) is -0.730. The zero-order valence-electron chi connectivity index (χ0n) is 15.9. The average molecular weight is 567 g/mol. The molecule has 3 unspecified atom stereocenters. The van der Waals surface area contributed by atoms with Gasteiger partial charge in [0.15, 0.2) is 6.23 Å². The van der Waals surface area contributed by atoms with Gasteiger partial charge in [0, 0.05) is 0 Å². The fourth-order valence-corrected chi connectivity index (χ4v) is 6.25. The van der Waals surface area contributed by atoms with Crippen molar-refractivity contribution in [1.82, 2.24) is 9.55 Å². The molecule has 1 aromatic rings. The molecule has 1 aromatic heterocycles. The van der Waals surface area contributed by atoms with Crippen LogP contribution < -0.4 is 11.2 Å². The van der Waals surface area contributed by atoms with Crippen LogP contribution in [0.2, 0.25) is 0 Å². The van der Waals surface area contributed by atoms with E-state index in [-0.39, 0.29) is 0 Å². The molecular formula is C11H16ClF2N2O14P3. The number of phosphoric acid groups is 3. The Morgan fingerprint density at radius 2 is 1.82 bits per heavy atom. The summed E-state index contributed by atoms with van der Waals surface area (Å²) in [5, 5.41) is 10.4. The number of aliphatic hydroxyl groups is 1. The molecule has 1 saturated heterocycles. The Morgan fingerprint density at radius 3 is 2.33 bits per heavy atom. The Morgan fingerprint density at radius 1 is 1.24 bits per heavy atom. The third-order valence-electron chi connectivity index (χ3n) is 4.06. The van der Waals surface area contributed by atoms with Gasteiger partial charge in [-0.2, -0.15) is 13.0 Å². The highest BCUT2D eigenvalue weighted by molar-refractivity contribution is 7.66. The number of aliphatic hydroxyl groups excluding tert-OH is 1. The average Bonchev–Trinajstić information content (AvgIpc) is 2.87. The largest absolute Gasteiger partial charge is 0.490 e. The number of halogens is 3. The maximum absolute atomic E-state index is 13.8. The van der Waals surface area contributed by atoms with Gasteiger partial charge in [-0.05, 0) is 6.92 Å². The van der Waals surface area contributed by atoms with E-state index in [9.17, 15) is 42.1 Å². The maximum atomic E-state index is 13.8. The summed E-state index contributed by atoms with van der Waals surface area (Å²) < 4.78 is 78.4. The summed E-state index contributed by atoms with van der Waals surface area (Å²) in [6, 6.07) is 0. The van der Waals surface area contributed by atoms with Gasteiger partial charge in [-0.1, -0.05) is 0 Å². The van der Waals surface area contributed by atoms with E-state index in [1.165, 1.54) is 0 Å². The molecule has 0 aromatic carbocycles. The first-order valence-corrected chi connectivity index (χ1v) is 13.1. The molecule has 7 atom stereocenters. The van der Waals surface area contributed by atoms with Crippen molar-refractivity contribution in [3.63, 3.8) is 0 Å². The number of nitrogens with zero attached hydrogens (tertiary/aromatic N) is 1. The van der Waals surface area contributed by atoms with Crippen molar-refractivity contribution in [2.75, 3.05) is 6.67 Å². The van der Waals surface area contributed by atoms with Crippen molar-refractivity contribution in [2.45, 2.75) is 36.3 Å². The molecular weight excluding hydrogens is 550 g/mol. The fraction of sp³-hybridized carbons (Fsp3) is 0.636. The van der Waals surface area contributed by atoms with Crippen LogP contribution in [-0.4, -0.2) is 64.1 Å². The van der Waals surface area contributed by atoms with E-state index in [0.717, 1.165) is 6.92 Å². The van der Waals surface area contributed by atoms with Crippen LogP contribution in [0, 0.1) is 5.82 Å². The Balaban J connectivity index is 2.30. The molecule has 1 fully saturated rings. The second-order valence-electron chi connectivity index (χ2n) is 6.50. The van der Waals surface area contributed by atoms with Crippen molar-refractivity contribution >= 4 is 35.1 Å². The SMILES string of the molecule is C[C@@H](OP(=O)(O)OP(=O)(O)OP(=O)(O)O)[C@H]1O[C@@H](n2cc(F)c(=O)[nH]c2=O)C(Cl)(CF)[C@H]1O. The topological polar surface area (TPSA) is 244 Å². The number of nitrogens with one attached hydrogen (secondary N) is 1. The zero-order chi connectivity index (χ0) is 25.6. The molecule has 2 rings (SSSR count). The van der Waals surface area contributed by atoms with Crippen LogP contribution in [0.3, 0.4) is 0 Å². The van der Waals surface area contributed by atoms with Crippen molar-refractivity contribution in [3.8, 4) is 0 Å². The molecule has 0 bridgehead atoms. The summed E-state index contributed by atoms with van der Waals surface area (Å²) in [5.41, 5.74) is -2.74. The molecule has 16 nitrogen and oxygen atoms in total.